The lowest BCUT2D eigenvalue weighted by atomic mass is 10.1. The molecule has 0 aliphatic carbocycles. The van der Waals surface area contributed by atoms with Crippen LogP contribution in [0.15, 0.2) is 21.6 Å². The minimum absolute atomic E-state index is 0.306. The van der Waals surface area contributed by atoms with E-state index in [4.69, 9.17) is 15.6 Å². The van der Waals surface area contributed by atoms with Gasteiger partial charge in [-0.3, -0.25) is 5.41 Å². The molecular formula is C9H11F3N2OS. The minimum Gasteiger partial charge on any atom is -0.468 e. The Morgan fingerprint density at radius 3 is 2.62 bits per heavy atom. The molecule has 1 aromatic heterocycles. The van der Waals surface area contributed by atoms with E-state index in [2.05, 4.69) is 0 Å². The predicted molar refractivity (Wildman–Crippen MR) is 55.6 cm³/mol. The first-order chi connectivity index (χ1) is 7.32. The number of furan rings is 1. The molecule has 1 atom stereocenters. The van der Waals surface area contributed by atoms with Crippen LogP contribution in [0.25, 0.3) is 0 Å². The topological polar surface area (TPSA) is 63.0 Å². The lowest BCUT2D eigenvalue weighted by Gasteiger charge is -2.17. The molecule has 7 heteroatoms. The zero-order valence-corrected chi connectivity index (χ0v) is 9.28. The number of rotatable bonds is 4. The third-order valence-corrected chi connectivity index (χ3v) is 3.22. The monoisotopic (exact) mass is 252 g/mol. The molecule has 1 unspecified atom stereocenters. The van der Waals surface area contributed by atoms with E-state index in [1.54, 1.807) is 13.0 Å². The van der Waals surface area contributed by atoms with Crippen molar-refractivity contribution in [1.82, 2.24) is 0 Å². The van der Waals surface area contributed by atoms with E-state index in [1.165, 1.54) is 6.26 Å². The summed E-state index contributed by atoms with van der Waals surface area (Å²) in [5.41, 5.74) is 4.93. The summed E-state index contributed by atoms with van der Waals surface area (Å²) in [6.45, 7) is 1.67. The summed E-state index contributed by atoms with van der Waals surface area (Å²) in [4.78, 5) is 0.635. The van der Waals surface area contributed by atoms with Gasteiger partial charge in [0.2, 0.25) is 0 Å². The average Bonchev–Trinajstić information content (AvgIpc) is 2.49. The Balaban J connectivity index is 2.65. The SMILES string of the molecule is Cc1occc1SCC(C(=N)N)C(F)(F)F. The molecule has 1 rings (SSSR count). The summed E-state index contributed by atoms with van der Waals surface area (Å²) in [6, 6.07) is 1.59. The van der Waals surface area contributed by atoms with Crippen molar-refractivity contribution in [2.45, 2.75) is 18.0 Å². The number of nitrogens with two attached hydrogens (primary N) is 1. The van der Waals surface area contributed by atoms with Crippen molar-refractivity contribution in [3.8, 4) is 0 Å². The molecule has 3 N–H and O–H groups in total. The van der Waals surface area contributed by atoms with Crippen molar-refractivity contribution in [2.24, 2.45) is 11.7 Å². The molecule has 0 aliphatic heterocycles. The van der Waals surface area contributed by atoms with Crippen molar-refractivity contribution in [2.75, 3.05) is 5.75 Å². The highest BCUT2D eigenvalue weighted by Gasteiger charge is 2.41. The molecule has 0 bridgehead atoms. The van der Waals surface area contributed by atoms with Gasteiger partial charge >= 0.3 is 6.18 Å². The number of halogens is 3. The van der Waals surface area contributed by atoms with Gasteiger partial charge in [0.15, 0.2) is 0 Å². The van der Waals surface area contributed by atoms with Gasteiger partial charge in [0.05, 0.1) is 6.26 Å². The fourth-order valence-electron chi connectivity index (χ4n) is 1.06. The van der Waals surface area contributed by atoms with E-state index in [0.717, 1.165) is 11.8 Å². The lowest BCUT2D eigenvalue weighted by Crippen LogP contribution is -2.36. The van der Waals surface area contributed by atoms with E-state index in [9.17, 15) is 13.2 Å². The molecule has 0 spiro atoms. The highest BCUT2D eigenvalue weighted by molar-refractivity contribution is 7.99. The molecule has 0 radical (unpaired) electrons. The first-order valence-electron chi connectivity index (χ1n) is 4.40. The van der Waals surface area contributed by atoms with Gasteiger partial charge < -0.3 is 10.2 Å². The molecule has 0 aliphatic rings. The molecule has 0 fully saturated rings. The number of hydrogen-bond acceptors (Lipinski definition) is 3. The fraction of sp³-hybridized carbons (Fsp3) is 0.444. The van der Waals surface area contributed by atoms with Gasteiger partial charge in [-0.1, -0.05) is 0 Å². The molecular weight excluding hydrogens is 241 g/mol. The summed E-state index contributed by atoms with van der Waals surface area (Å²) in [7, 11) is 0. The van der Waals surface area contributed by atoms with Gasteiger partial charge in [-0.15, -0.1) is 11.8 Å². The predicted octanol–water partition coefficient (Wildman–Crippen LogP) is 2.79. The van der Waals surface area contributed by atoms with Crippen LogP contribution in [0.4, 0.5) is 13.2 Å². The maximum atomic E-state index is 12.4. The van der Waals surface area contributed by atoms with E-state index >= 15 is 0 Å². The van der Waals surface area contributed by atoms with Crippen molar-refractivity contribution < 1.29 is 17.6 Å². The quantitative estimate of drug-likeness (QED) is 0.492. The maximum absolute atomic E-state index is 12.4. The number of aryl methyl sites for hydroxylation is 1. The van der Waals surface area contributed by atoms with Crippen LogP contribution in [-0.2, 0) is 0 Å². The third kappa shape index (κ3) is 3.19. The normalized spacial score (nSPS) is 13.8. The summed E-state index contributed by atoms with van der Waals surface area (Å²) < 4.78 is 42.3. The van der Waals surface area contributed by atoms with E-state index in [1.807, 2.05) is 0 Å². The van der Waals surface area contributed by atoms with Crippen LogP contribution in [0.5, 0.6) is 0 Å². The van der Waals surface area contributed by atoms with Crippen LogP contribution in [0.1, 0.15) is 5.76 Å². The Kier molecular flexibility index (Phi) is 3.90. The Hall–Kier alpha value is -1.11. The van der Waals surface area contributed by atoms with Crippen LogP contribution in [0, 0.1) is 18.3 Å². The molecule has 90 valence electrons. The zero-order valence-electron chi connectivity index (χ0n) is 8.47. The van der Waals surface area contributed by atoms with Crippen molar-refractivity contribution in [1.29, 1.82) is 5.41 Å². The lowest BCUT2D eigenvalue weighted by molar-refractivity contribution is -0.149. The summed E-state index contributed by atoms with van der Waals surface area (Å²) in [6.07, 6.45) is -3.06. The van der Waals surface area contributed by atoms with Gasteiger partial charge in [-0.25, -0.2) is 0 Å². The highest BCUT2D eigenvalue weighted by atomic mass is 32.2. The van der Waals surface area contributed by atoms with E-state index < -0.39 is 17.9 Å². The molecule has 3 nitrogen and oxygen atoms in total. The first-order valence-corrected chi connectivity index (χ1v) is 5.38. The molecule has 0 aromatic carbocycles. The van der Waals surface area contributed by atoms with Crippen molar-refractivity contribution in [3.05, 3.63) is 18.1 Å². The molecule has 0 amide bonds. The number of amidine groups is 1. The number of hydrogen-bond donors (Lipinski definition) is 2. The smallest absolute Gasteiger partial charge is 0.399 e. The summed E-state index contributed by atoms with van der Waals surface area (Å²) >= 11 is 0.982. The highest BCUT2D eigenvalue weighted by Crippen LogP contribution is 2.32. The Bertz CT molecular complexity index is 375. The van der Waals surface area contributed by atoms with Crippen LogP contribution >= 0.6 is 11.8 Å². The molecule has 0 saturated carbocycles. The van der Waals surface area contributed by atoms with Crippen LogP contribution < -0.4 is 5.73 Å². The van der Waals surface area contributed by atoms with Gasteiger partial charge in [-0.2, -0.15) is 13.2 Å². The van der Waals surface area contributed by atoms with E-state index in [0.29, 0.717) is 10.7 Å². The molecule has 16 heavy (non-hydrogen) atoms. The summed E-state index contributed by atoms with van der Waals surface area (Å²) in [5.74, 6) is -2.51. The van der Waals surface area contributed by atoms with Crippen molar-refractivity contribution in [3.63, 3.8) is 0 Å². The maximum Gasteiger partial charge on any atom is 0.399 e. The van der Waals surface area contributed by atoms with Crippen molar-refractivity contribution >= 4 is 17.6 Å². The van der Waals surface area contributed by atoms with Gasteiger partial charge in [-0.05, 0) is 13.0 Å². The van der Waals surface area contributed by atoms with Gasteiger partial charge in [0.1, 0.15) is 17.5 Å². The number of thioether (sulfide) groups is 1. The largest absolute Gasteiger partial charge is 0.468 e. The molecule has 0 saturated heterocycles. The van der Waals surface area contributed by atoms with Crippen LogP contribution in [0.3, 0.4) is 0 Å². The molecule has 1 aromatic rings. The second-order valence-corrected chi connectivity index (χ2v) is 4.26. The fourth-order valence-corrected chi connectivity index (χ4v) is 2.17. The van der Waals surface area contributed by atoms with Crippen LogP contribution in [0.2, 0.25) is 0 Å². The summed E-state index contributed by atoms with van der Waals surface area (Å²) in [5, 5.41) is 6.91. The number of nitrogens with one attached hydrogen (secondary N) is 1. The zero-order chi connectivity index (χ0) is 12.3. The van der Waals surface area contributed by atoms with Gasteiger partial charge in [0, 0.05) is 10.6 Å². The minimum atomic E-state index is -4.48. The Labute approximate surface area is 94.7 Å². The second-order valence-electron chi connectivity index (χ2n) is 3.20. The second kappa shape index (κ2) is 4.82. The van der Waals surface area contributed by atoms with Crippen LogP contribution in [-0.4, -0.2) is 17.8 Å². The average molecular weight is 252 g/mol. The Morgan fingerprint density at radius 1 is 1.62 bits per heavy atom. The van der Waals surface area contributed by atoms with E-state index in [-0.39, 0.29) is 5.75 Å². The Morgan fingerprint density at radius 2 is 2.25 bits per heavy atom. The standard InChI is InChI=1S/C9H11F3N2OS/c1-5-7(2-3-15-5)16-4-6(8(13)14)9(10,11)12/h2-3,6H,4H2,1H3,(H3,13,14). The third-order valence-electron chi connectivity index (χ3n) is 1.99. The molecule has 1 heterocycles. The number of alkyl halides is 3. The van der Waals surface area contributed by atoms with Gasteiger partial charge in [0.25, 0.3) is 0 Å². The first kappa shape index (κ1) is 13.0.